The minimum atomic E-state index is -3.24. The van der Waals surface area contributed by atoms with Crippen LogP contribution < -0.4 is 5.32 Å². The topological polar surface area (TPSA) is 114 Å². The Hall–Kier alpha value is -0.612. The zero-order chi connectivity index (χ0) is 24.7. The van der Waals surface area contributed by atoms with Gasteiger partial charge in [-0.05, 0) is 71.3 Å². The van der Waals surface area contributed by atoms with Gasteiger partial charge in [0.25, 0.3) is 0 Å². The van der Waals surface area contributed by atoms with Crippen molar-refractivity contribution in [2.75, 3.05) is 13.2 Å². The van der Waals surface area contributed by atoms with E-state index in [1.165, 1.54) is 0 Å². The molecule has 0 spiro atoms. The van der Waals surface area contributed by atoms with E-state index in [0.29, 0.717) is 6.04 Å². The van der Waals surface area contributed by atoms with Gasteiger partial charge >= 0.3 is 14.8 Å². The van der Waals surface area contributed by atoms with Crippen molar-refractivity contribution in [1.29, 1.82) is 0 Å². The Bertz CT molecular complexity index is 583. The van der Waals surface area contributed by atoms with Crippen molar-refractivity contribution in [2.45, 2.75) is 77.8 Å². The number of carboxylic acids is 1. The molecule has 182 valence electrons. The number of aliphatic hydroxyl groups is 1. The van der Waals surface area contributed by atoms with Crippen molar-refractivity contribution >= 4 is 45.6 Å². The maximum atomic E-state index is 12.4. The highest BCUT2D eigenvalue weighted by Gasteiger charge is 2.51. The van der Waals surface area contributed by atoms with E-state index in [0.717, 1.165) is 0 Å². The van der Waals surface area contributed by atoms with Gasteiger partial charge in [0.15, 0.2) is 25.0 Å². The molecular formula is C19H43NO7Si4. The monoisotopic (exact) mass is 509 g/mol. The number of nitrogens with one attached hydrogen (secondary N) is 1. The van der Waals surface area contributed by atoms with Gasteiger partial charge in [0.05, 0.1) is 6.61 Å². The number of rotatable bonds is 15. The Kier molecular flexibility index (Phi) is 11.8. The zero-order valence-electron chi connectivity index (χ0n) is 20.8. The van der Waals surface area contributed by atoms with E-state index in [2.05, 4.69) is 70.8 Å². The van der Waals surface area contributed by atoms with Crippen LogP contribution in [0.2, 0.25) is 65.0 Å². The lowest BCUT2D eigenvalue weighted by Gasteiger charge is -2.44. The van der Waals surface area contributed by atoms with E-state index in [1.54, 1.807) is 0 Å². The molecule has 0 aromatic heterocycles. The van der Waals surface area contributed by atoms with Crippen LogP contribution in [0, 0.1) is 5.92 Å². The Morgan fingerprint density at radius 2 is 1.29 bits per heavy atom. The van der Waals surface area contributed by atoms with Crippen LogP contribution in [-0.2, 0) is 21.9 Å². The largest absolute Gasteiger partial charge is 0.478 e. The molecule has 0 aromatic carbocycles. The third-order valence-corrected chi connectivity index (χ3v) is 15.8. The molecule has 0 saturated carbocycles. The van der Waals surface area contributed by atoms with Crippen LogP contribution in [0.15, 0.2) is 12.2 Å². The van der Waals surface area contributed by atoms with Crippen LogP contribution in [-0.4, -0.2) is 69.0 Å². The molecule has 0 saturated heterocycles. The van der Waals surface area contributed by atoms with Crippen LogP contribution in [0.25, 0.3) is 0 Å². The lowest BCUT2D eigenvalue weighted by molar-refractivity contribution is -0.133. The fraction of sp³-hybridized carbons (Fsp3) is 0.789. The Morgan fingerprint density at radius 1 is 0.871 bits per heavy atom. The molecule has 0 fully saturated rings. The smallest absolute Gasteiger partial charge is 0.469 e. The lowest BCUT2D eigenvalue weighted by atomic mass is 9.98. The van der Waals surface area contributed by atoms with Gasteiger partial charge in [0.2, 0.25) is 5.91 Å². The molecule has 1 amide bonds. The molecule has 12 heteroatoms. The first-order valence-corrected chi connectivity index (χ1v) is 22.8. The zero-order valence-corrected chi connectivity index (χ0v) is 24.8. The summed E-state index contributed by atoms with van der Waals surface area (Å²) >= 11 is 0. The van der Waals surface area contributed by atoms with E-state index in [1.807, 2.05) is 0 Å². The molecule has 31 heavy (non-hydrogen) atoms. The second kappa shape index (κ2) is 12.0. The fourth-order valence-corrected chi connectivity index (χ4v) is 17.9. The molecule has 0 aliphatic heterocycles. The SMILES string of the molecule is C=C(CC(CC(=O)NCCO)C[Si](O[Si](C)(C)C)(O[Si](C)(C)C)O[Si](C)(C)C)C(=O)O. The number of aliphatic hydroxyl groups excluding tert-OH is 1. The maximum absolute atomic E-state index is 12.4. The molecule has 0 aliphatic carbocycles. The van der Waals surface area contributed by atoms with Crippen molar-refractivity contribution in [3.8, 4) is 0 Å². The van der Waals surface area contributed by atoms with Crippen molar-refractivity contribution in [3.05, 3.63) is 12.2 Å². The van der Waals surface area contributed by atoms with Gasteiger partial charge in [-0.2, -0.15) is 0 Å². The summed E-state index contributed by atoms with van der Waals surface area (Å²) in [6.07, 6.45) is 0.218. The number of aliphatic carboxylic acids is 1. The summed E-state index contributed by atoms with van der Waals surface area (Å²) in [6.45, 7) is 22.4. The highest BCUT2D eigenvalue weighted by Crippen LogP contribution is 2.34. The molecule has 0 aromatic rings. The standard InChI is InChI=1S/C19H43NO7Si4/c1-16(19(23)24)13-17(14-18(22)20-11-12-21)15-31(25-28(2,3)4,26-29(5,6)7)27-30(8,9)10/h17,21H,1,11-15H2,2-10H3,(H,20,22)(H,23,24). The van der Waals surface area contributed by atoms with Gasteiger partial charge < -0.3 is 27.9 Å². The van der Waals surface area contributed by atoms with E-state index >= 15 is 0 Å². The van der Waals surface area contributed by atoms with E-state index in [-0.39, 0.29) is 43.4 Å². The fourth-order valence-electron chi connectivity index (χ4n) is 3.12. The van der Waals surface area contributed by atoms with Gasteiger partial charge in [-0.1, -0.05) is 6.58 Å². The van der Waals surface area contributed by atoms with Crippen LogP contribution >= 0.6 is 0 Å². The molecule has 0 aliphatic rings. The van der Waals surface area contributed by atoms with E-state index in [9.17, 15) is 14.7 Å². The second-order valence-corrected chi connectivity index (χ2v) is 27.7. The minimum absolute atomic E-state index is 0.0388. The molecule has 8 nitrogen and oxygen atoms in total. The average Bonchev–Trinajstić information content (AvgIpc) is 2.46. The normalized spacial score (nSPS) is 14.3. The Morgan fingerprint density at radius 3 is 1.61 bits per heavy atom. The number of hydrogen-bond acceptors (Lipinski definition) is 6. The molecule has 1 atom stereocenters. The van der Waals surface area contributed by atoms with Crippen molar-refractivity contribution in [3.63, 3.8) is 0 Å². The summed E-state index contributed by atoms with van der Waals surface area (Å²) in [5, 5.41) is 21.0. The molecule has 3 N–H and O–H groups in total. The predicted octanol–water partition coefficient (Wildman–Crippen LogP) is 3.63. The number of carbonyl (C=O) groups excluding carboxylic acids is 1. The molecule has 0 bridgehead atoms. The lowest BCUT2D eigenvalue weighted by Crippen LogP contribution is -2.61. The van der Waals surface area contributed by atoms with E-state index in [4.69, 9.17) is 17.5 Å². The predicted molar refractivity (Wildman–Crippen MR) is 133 cm³/mol. The third-order valence-electron chi connectivity index (χ3n) is 3.67. The van der Waals surface area contributed by atoms with Crippen LogP contribution in [0.3, 0.4) is 0 Å². The highest BCUT2D eigenvalue weighted by molar-refractivity contribution is 6.90. The first-order chi connectivity index (χ1) is 13.8. The van der Waals surface area contributed by atoms with Crippen LogP contribution in [0.5, 0.6) is 0 Å². The quantitative estimate of drug-likeness (QED) is 0.228. The summed E-state index contributed by atoms with van der Waals surface area (Å²) in [4.78, 5) is 23.9. The van der Waals surface area contributed by atoms with Gasteiger partial charge in [0, 0.05) is 24.6 Å². The van der Waals surface area contributed by atoms with Gasteiger partial charge in [-0.15, -0.1) is 0 Å². The van der Waals surface area contributed by atoms with Gasteiger partial charge in [0.1, 0.15) is 0 Å². The molecule has 0 rings (SSSR count). The summed E-state index contributed by atoms with van der Waals surface area (Å²) < 4.78 is 20.0. The van der Waals surface area contributed by atoms with Crippen molar-refractivity contribution < 1.29 is 32.1 Å². The highest BCUT2D eigenvalue weighted by atomic mass is 28.5. The minimum Gasteiger partial charge on any atom is -0.478 e. The van der Waals surface area contributed by atoms with Crippen molar-refractivity contribution in [1.82, 2.24) is 5.32 Å². The maximum Gasteiger partial charge on any atom is 0.469 e. The van der Waals surface area contributed by atoms with Crippen molar-refractivity contribution in [2.24, 2.45) is 5.92 Å². The molecular weight excluding hydrogens is 467 g/mol. The number of carbonyl (C=O) groups is 2. The first-order valence-electron chi connectivity index (χ1n) is 10.7. The van der Waals surface area contributed by atoms with Crippen LogP contribution in [0.1, 0.15) is 12.8 Å². The average molecular weight is 510 g/mol. The molecule has 0 radical (unpaired) electrons. The molecule has 0 heterocycles. The Labute approximate surface area is 192 Å². The van der Waals surface area contributed by atoms with E-state index < -0.39 is 39.7 Å². The third kappa shape index (κ3) is 15.0. The summed E-state index contributed by atoms with van der Waals surface area (Å²) in [7, 11) is -9.54. The summed E-state index contributed by atoms with van der Waals surface area (Å²) in [5.41, 5.74) is 0.0388. The van der Waals surface area contributed by atoms with Gasteiger partial charge in [-0.25, -0.2) is 4.79 Å². The number of carboxylic acid groups (broad SMARTS) is 1. The number of amides is 1. The van der Waals surface area contributed by atoms with Gasteiger partial charge in [-0.3, -0.25) is 4.79 Å². The molecule has 1 unspecified atom stereocenters. The second-order valence-electron chi connectivity index (χ2n) is 10.8. The Balaban J connectivity index is 6.17. The summed E-state index contributed by atoms with van der Waals surface area (Å²) in [6, 6.07) is 0.352. The summed E-state index contributed by atoms with van der Waals surface area (Å²) in [5.74, 6) is -1.71. The van der Waals surface area contributed by atoms with Crippen LogP contribution in [0.4, 0.5) is 0 Å². The number of hydrogen-bond donors (Lipinski definition) is 3. The first kappa shape index (κ1) is 30.4.